The van der Waals surface area contributed by atoms with E-state index in [-0.39, 0.29) is 0 Å². The molecule has 0 saturated heterocycles. The van der Waals surface area contributed by atoms with Crippen LogP contribution >= 0.6 is 0 Å². The largest absolute Gasteiger partial charge is 0.344 e. The van der Waals surface area contributed by atoms with Gasteiger partial charge >= 0.3 is 6.41 Å². The standard InChI is InChI=1S/C15H11N2O/c18-10-16-8-12-5-3-7-14-15(12)13-6-2-1-4-11(13)9-17-14/h1-7,9H,8H2,(H,16,18). The fourth-order valence-corrected chi connectivity index (χ4v) is 2.26. The molecule has 1 heterocycles. The molecule has 3 aromatic rings. The number of nitrogens with zero attached hydrogens (tertiary/aromatic N) is 1. The molecule has 18 heavy (non-hydrogen) atoms. The van der Waals surface area contributed by atoms with Crippen LogP contribution in [0.2, 0.25) is 0 Å². The van der Waals surface area contributed by atoms with E-state index in [0.717, 1.165) is 27.2 Å². The summed E-state index contributed by atoms with van der Waals surface area (Å²) in [4.78, 5) is 14.8. The number of benzene rings is 2. The summed E-state index contributed by atoms with van der Waals surface area (Å²) >= 11 is 0. The van der Waals surface area contributed by atoms with E-state index in [2.05, 4.69) is 16.4 Å². The Morgan fingerprint density at radius 2 is 2.00 bits per heavy atom. The van der Waals surface area contributed by atoms with Crippen LogP contribution in [0.25, 0.3) is 21.7 Å². The van der Waals surface area contributed by atoms with Crippen LogP contribution in [-0.4, -0.2) is 11.4 Å². The van der Waals surface area contributed by atoms with E-state index in [1.807, 2.05) is 42.6 Å². The quantitative estimate of drug-likeness (QED) is 0.560. The van der Waals surface area contributed by atoms with Crippen LogP contribution in [-0.2, 0) is 11.3 Å². The number of hydrogen-bond acceptors (Lipinski definition) is 2. The van der Waals surface area contributed by atoms with Gasteiger partial charge in [0.25, 0.3) is 0 Å². The zero-order valence-electron chi connectivity index (χ0n) is 9.68. The minimum absolute atomic E-state index is 0.469. The minimum atomic E-state index is 0.469. The highest BCUT2D eigenvalue weighted by atomic mass is 16.1. The molecule has 3 nitrogen and oxygen atoms in total. The van der Waals surface area contributed by atoms with Gasteiger partial charge in [0.15, 0.2) is 0 Å². The third kappa shape index (κ3) is 1.70. The van der Waals surface area contributed by atoms with Crippen molar-refractivity contribution < 1.29 is 4.79 Å². The summed E-state index contributed by atoms with van der Waals surface area (Å²) in [6.45, 7) is 0.469. The number of nitrogens with one attached hydrogen (secondary N) is 1. The lowest BCUT2D eigenvalue weighted by atomic mass is 10.0. The zero-order chi connectivity index (χ0) is 12.4. The first-order chi connectivity index (χ1) is 8.90. The van der Waals surface area contributed by atoms with Crippen molar-refractivity contribution in [2.45, 2.75) is 6.54 Å². The maximum Gasteiger partial charge on any atom is 0.309 e. The van der Waals surface area contributed by atoms with Gasteiger partial charge in [-0.15, -0.1) is 0 Å². The summed E-state index contributed by atoms with van der Waals surface area (Å²) in [6, 6.07) is 14.1. The van der Waals surface area contributed by atoms with Gasteiger partial charge in [-0.1, -0.05) is 36.4 Å². The first-order valence-corrected chi connectivity index (χ1v) is 5.75. The lowest BCUT2D eigenvalue weighted by Gasteiger charge is -2.08. The highest BCUT2D eigenvalue weighted by molar-refractivity contribution is 6.07. The number of aromatic nitrogens is 1. The molecule has 0 fully saturated rings. The molecule has 87 valence electrons. The SMILES string of the molecule is O=[C]NCc1cccc2ncc3ccccc3c12. The Hall–Kier alpha value is -2.42. The van der Waals surface area contributed by atoms with E-state index >= 15 is 0 Å². The third-order valence-corrected chi connectivity index (χ3v) is 3.05. The Bertz CT molecular complexity index is 722. The van der Waals surface area contributed by atoms with Crippen molar-refractivity contribution in [2.75, 3.05) is 0 Å². The molecule has 1 radical (unpaired) electrons. The summed E-state index contributed by atoms with van der Waals surface area (Å²) in [7, 11) is 0. The lowest BCUT2D eigenvalue weighted by Crippen LogP contribution is -2.10. The molecule has 0 saturated carbocycles. The van der Waals surface area contributed by atoms with Crippen LogP contribution in [0.1, 0.15) is 5.56 Å². The van der Waals surface area contributed by atoms with Gasteiger partial charge in [0, 0.05) is 23.5 Å². The number of hydrogen-bond donors (Lipinski definition) is 1. The van der Waals surface area contributed by atoms with Crippen molar-refractivity contribution in [1.82, 2.24) is 10.3 Å². The number of rotatable bonds is 3. The molecule has 1 N–H and O–H groups in total. The fourth-order valence-electron chi connectivity index (χ4n) is 2.26. The first-order valence-electron chi connectivity index (χ1n) is 5.75. The van der Waals surface area contributed by atoms with Crippen molar-refractivity contribution in [1.29, 1.82) is 0 Å². The predicted octanol–water partition coefficient (Wildman–Crippen LogP) is 2.54. The topological polar surface area (TPSA) is 42.0 Å². The fraction of sp³-hybridized carbons (Fsp3) is 0.0667. The Balaban J connectivity index is 2.35. The number of amides is 1. The molecule has 0 aliphatic carbocycles. The van der Waals surface area contributed by atoms with Crippen molar-refractivity contribution in [3.8, 4) is 0 Å². The first kappa shape index (κ1) is 10.7. The molecule has 0 bridgehead atoms. The van der Waals surface area contributed by atoms with E-state index in [1.165, 1.54) is 0 Å². The van der Waals surface area contributed by atoms with Gasteiger partial charge in [-0.3, -0.25) is 9.78 Å². The smallest absolute Gasteiger partial charge is 0.309 e. The molecule has 0 spiro atoms. The summed E-state index contributed by atoms with van der Waals surface area (Å²) in [6.07, 6.45) is 3.58. The molecule has 3 heteroatoms. The molecule has 0 atom stereocenters. The van der Waals surface area contributed by atoms with E-state index < -0.39 is 0 Å². The Morgan fingerprint density at radius 1 is 1.11 bits per heavy atom. The molecule has 3 rings (SSSR count). The van der Waals surface area contributed by atoms with Crippen LogP contribution in [0, 0.1) is 0 Å². The molecular formula is C15H11N2O. The van der Waals surface area contributed by atoms with Crippen molar-refractivity contribution in [3.63, 3.8) is 0 Å². The summed E-state index contributed by atoms with van der Waals surface area (Å²) in [5, 5.41) is 5.95. The van der Waals surface area contributed by atoms with Crippen LogP contribution in [0.4, 0.5) is 0 Å². The second-order valence-electron chi connectivity index (χ2n) is 4.11. The van der Waals surface area contributed by atoms with E-state index in [1.54, 1.807) is 6.41 Å². The highest BCUT2D eigenvalue weighted by Crippen LogP contribution is 2.26. The van der Waals surface area contributed by atoms with E-state index in [4.69, 9.17) is 0 Å². The molecular weight excluding hydrogens is 224 g/mol. The Kier molecular flexibility index (Phi) is 2.65. The van der Waals surface area contributed by atoms with Crippen LogP contribution in [0.3, 0.4) is 0 Å². The van der Waals surface area contributed by atoms with Crippen LogP contribution in [0.15, 0.2) is 48.7 Å². The second-order valence-corrected chi connectivity index (χ2v) is 4.11. The van der Waals surface area contributed by atoms with E-state index in [9.17, 15) is 4.79 Å². The summed E-state index contributed by atoms with van der Waals surface area (Å²) < 4.78 is 0. The van der Waals surface area contributed by atoms with Gasteiger partial charge in [0.2, 0.25) is 0 Å². The Labute approximate surface area is 104 Å². The minimum Gasteiger partial charge on any atom is -0.344 e. The third-order valence-electron chi connectivity index (χ3n) is 3.05. The number of carbonyl (C=O) groups excluding carboxylic acids is 1. The second kappa shape index (κ2) is 4.45. The molecule has 0 unspecified atom stereocenters. The Morgan fingerprint density at radius 3 is 2.89 bits per heavy atom. The van der Waals surface area contributed by atoms with Gasteiger partial charge < -0.3 is 5.32 Å². The molecule has 0 aliphatic heterocycles. The predicted molar refractivity (Wildman–Crippen MR) is 71.8 cm³/mol. The number of pyridine rings is 1. The summed E-state index contributed by atoms with van der Waals surface area (Å²) in [5.41, 5.74) is 2.00. The molecule has 2 aromatic carbocycles. The van der Waals surface area contributed by atoms with Crippen LogP contribution < -0.4 is 5.32 Å². The van der Waals surface area contributed by atoms with Crippen molar-refractivity contribution in [2.24, 2.45) is 0 Å². The van der Waals surface area contributed by atoms with Crippen LogP contribution in [0.5, 0.6) is 0 Å². The van der Waals surface area contributed by atoms with Gasteiger partial charge in [0.1, 0.15) is 0 Å². The monoisotopic (exact) mass is 235 g/mol. The molecule has 1 aromatic heterocycles. The van der Waals surface area contributed by atoms with Crippen molar-refractivity contribution >= 4 is 28.1 Å². The highest BCUT2D eigenvalue weighted by Gasteiger charge is 2.05. The van der Waals surface area contributed by atoms with Gasteiger partial charge in [-0.05, 0) is 17.0 Å². The maximum absolute atomic E-state index is 10.3. The van der Waals surface area contributed by atoms with Gasteiger partial charge in [-0.25, -0.2) is 0 Å². The van der Waals surface area contributed by atoms with Crippen molar-refractivity contribution in [3.05, 3.63) is 54.2 Å². The normalized spacial score (nSPS) is 10.7. The van der Waals surface area contributed by atoms with Gasteiger partial charge in [0.05, 0.1) is 5.52 Å². The summed E-state index contributed by atoms with van der Waals surface area (Å²) in [5.74, 6) is 0. The average molecular weight is 235 g/mol. The average Bonchev–Trinajstić information content (AvgIpc) is 2.44. The number of fused-ring (bicyclic) bond motifs is 3. The lowest BCUT2D eigenvalue weighted by molar-refractivity contribution is 0.542. The zero-order valence-corrected chi connectivity index (χ0v) is 9.68. The maximum atomic E-state index is 10.3. The van der Waals surface area contributed by atoms with Gasteiger partial charge in [-0.2, -0.15) is 0 Å². The molecule has 1 amide bonds. The molecule has 0 aliphatic rings. The van der Waals surface area contributed by atoms with E-state index in [0.29, 0.717) is 6.54 Å².